The molecule has 29 heavy (non-hydrogen) atoms. The maximum atomic E-state index is 4.83. The minimum absolute atomic E-state index is 0.254. The average molecular weight is 389 g/mol. The molecule has 1 aliphatic heterocycles. The van der Waals surface area contributed by atoms with Crippen molar-refractivity contribution in [2.45, 2.75) is 24.9 Å². The summed E-state index contributed by atoms with van der Waals surface area (Å²) in [7, 11) is 5.75. The molecule has 6 nitrogen and oxygen atoms in total. The molecule has 2 heterocycles. The number of benzene rings is 1. The minimum atomic E-state index is 0.254. The molecule has 4 rings (SSSR count). The fourth-order valence-corrected chi connectivity index (χ4v) is 4.07. The number of H-pyrrole nitrogens is 1. The van der Waals surface area contributed by atoms with Crippen LogP contribution in [0.5, 0.6) is 0 Å². The Hall–Kier alpha value is -2.99. The van der Waals surface area contributed by atoms with E-state index in [0.717, 1.165) is 58.9 Å². The highest BCUT2D eigenvalue weighted by Crippen LogP contribution is 2.30. The van der Waals surface area contributed by atoms with Crippen molar-refractivity contribution in [2.24, 2.45) is 9.98 Å². The predicted molar refractivity (Wildman–Crippen MR) is 121 cm³/mol. The molecule has 1 aromatic carbocycles. The van der Waals surface area contributed by atoms with Gasteiger partial charge in [0.1, 0.15) is 5.82 Å². The topological polar surface area (TPSA) is 68.7 Å². The van der Waals surface area contributed by atoms with Crippen LogP contribution in [0.25, 0.3) is 11.0 Å². The summed E-state index contributed by atoms with van der Waals surface area (Å²) >= 11 is 0. The number of rotatable bonds is 4. The van der Waals surface area contributed by atoms with Crippen LogP contribution in [-0.2, 0) is 0 Å². The second kappa shape index (κ2) is 8.17. The summed E-state index contributed by atoms with van der Waals surface area (Å²) in [6.45, 7) is 5.29. The third-order valence-electron chi connectivity index (χ3n) is 5.78. The van der Waals surface area contributed by atoms with Gasteiger partial charge in [0.2, 0.25) is 0 Å². The van der Waals surface area contributed by atoms with E-state index >= 15 is 0 Å². The Balaban J connectivity index is 1.48. The van der Waals surface area contributed by atoms with Crippen molar-refractivity contribution in [3.63, 3.8) is 0 Å². The summed E-state index contributed by atoms with van der Waals surface area (Å²) in [5.74, 6) is 1.03. The first-order valence-corrected chi connectivity index (χ1v) is 10.0. The van der Waals surface area contributed by atoms with Gasteiger partial charge in [-0.3, -0.25) is 14.9 Å². The number of imidazole rings is 1. The van der Waals surface area contributed by atoms with Crippen LogP contribution < -0.4 is 5.32 Å². The number of likely N-dealkylation sites (tertiary alicyclic amines) is 1. The van der Waals surface area contributed by atoms with Gasteiger partial charge in [0.05, 0.1) is 28.5 Å². The van der Waals surface area contributed by atoms with Gasteiger partial charge in [-0.15, -0.1) is 0 Å². The van der Waals surface area contributed by atoms with E-state index in [9.17, 15) is 0 Å². The molecule has 2 atom stereocenters. The number of aliphatic imine (C=N–C) groups is 2. The third-order valence-corrected chi connectivity index (χ3v) is 5.78. The average Bonchev–Trinajstić information content (AvgIpc) is 3.18. The second-order valence-corrected chi connectivity index (χ2v) is 7.63. The number of fused-ring (bicyclic) bond motifs is 1. The summed E-state index contributed by atoms with van der Waals surface area (Å²) in [6.07, 6.45) is 8.14. The van der Waals surface area contributed by atoms with Crippen LogP contribution in [0, 0.1) is 0 Å². The fourth-order valence-electron chi connectivity index (χ4n) is 4.07. The summed E-state index contributed by atoms with van der Waals surface area (Å²) in [4.78, 5) is 19.3. The van der Waals surface area contributed by atoms with Crippen molar-refractivity contribution in [1.29, 1.82) is 0 Å². The normalized spacial score (nSPS) is 25.6. The Morgan fingerprint density at radius 2 is 2.00 bits per heavy atom. The number of aromatic amines is 1. The molecule has 0 amide bonds. The van der Waals surface area contributed by atoms with Gasteiger partial charge in [-0.1, -0.05) is 24.8 Å². The Bertz CT molecular complexity index is 1010. The molecule has 1 saturated heterocycles. The largest absolute Gasteiger partial charge is 0.382 e. The molecule has 150 valence electrons. The molecule has 0 radical (unpaired) electrons. The lowest BCUT2D eigenvalue weighted by molar-refractivity contribution is 0.155. The zero-order chi connectivity index (χ0) is 20.4. The van der Waals surface area contributed by atoms with Crippen molar-refractivity contribution in [2.75, 3.05) is 27.7 Å². The Labute approximate surface area is 171 Å². The lowest BCUT2D eigenvalue weighted by atomic mass is 9.95. The highest BCUT2D eigenvalue weighted by Gasteiger charge is 2.30. The summed E-state index contributed by atoms with van der Waals surface area (Å²) in [6, 6.07) is 8.79. The van der Waals surface area contributed by atoms with Crippen molar-refractivity contribution >= 4 is 22.5 Å². The quantitative estimate of drug-likeness (QED) is 0.789. The molecule has 0 bridgehead atoms. The van der Waals surface area contributed by atoms with E-state index in [1.807, 2.05) is 24.3 Å². The highest BCUT2D eigenvalue weighted by molar-refractivity contribution is 6.51. The Kier molecular flexibility index (Phi) is 5.45. The molecule has 1 fully saturated rings. The molecule has 6 heteroatoms. The van der Waals surface area contributed by atoms with Gasteiger partial charge < -0.3 is 10.3 Å². The van der Waals surface area contributed by atoms with Gasteiger partial charge in [0.15, 0.2) is 0 Å². The zero-order valence-corrected chi connectivity index (χ0v) is 17.3. The first kappa shape index (κ1) is 19.3. The third kappa shape index (κ3) is 3.93. The number of para-hydroxylation sites is 2. The van der Waals surface area contributed by atoms with E-state index in [1.165, 1.54) is 0 Å². The van der Waals surface area contributed by atoms with Gasteiger partial charge in [0.25, 0.3) is 0 Å². The summed E-state index contributed by atoms with van der Waals surface area (Å²) < 4.78 is 0. The molecule has 1 unspecified atom stereocenters. The molecule has 2 aliphatic rings. The molecule has 1 aromatic heterocycles. The number of piperidine rings is 1. The molecule has 1 aliphatic carbocycles. The number of nitrogens with zero attached hydrogens (tertiary/aromatic N) is 4. The van der Waals surface area contributed by atoms with E-state index < -0.39 is 0 Å². The molecular weight excluding hydrogens is 360 g/mol. The lowest BCUT2D eigenvalue weighted by Gasteiger charge is -2.37. The SMILES string of the molecule is C=C(N[C@@H]1CCN(C)C(c2nc3ccccc3[nH]2)C1)C1=CC(=NC)C(=NC)C=C1. The maximum absolute atomic E-state index is 4.83. The van der Waals surface area contributed by atoms with Crippen molar-refractivity contribution in [1.82, 2.24) is 20.2 Å². The van der Waals surface area contributed by atoms with E-state index in [2.05, 4.69) is 57.0 Å². The predicted octanol–water partition coefficient (Wildman–Crippen LogP) is 3.44. The Morgan fingerprint density at radius 3 is 2.76 bits per heavy atom. The van der Waals surface area contributed by atoms with Crippen molar-refractivity contribution < 1.29 is 0 Å². The van der Waals surface area contributed by atoms with Gasteiger partial charge >= 0.3 is 0 Å². The second-order valence-electron chi connectivity index (χ2n) is 7.63. The van der Waals surface area contributed by atoms with Crippen LogP contribution in [0.15, 0.2) is 70.3 Å². The monoisotopic (exact) mass is 388 g/mol. The van der Waals surface area contributed by atoms with E-state index in [0.29, 0.717) is 6.04 Å². The number of nitrogens with one attached hydrogen (secondary N) is 2. The van der Waals surface area contributed by atoms with Crippen LogP contribution in [0.4, 0.5) is 0 Å². The first-order valence-electron chi connectivity index (χ1n) is 10.0. The molecule has 2 N–H and O–H groups in total. The standard InChI is InChI=1S/C23H28N6/c1-15(16-9-10-18(24-2)21(13-16)25-3)26-17-11-12-29(4)22(14-17)23-27-19-7-5-6-8-20(19)28-23/h5-10,13,17,22,26H,1,11-12,14H2,2-4H3,(H,27,28)/t17-,22?/m1/s1. The molecular formula is C23H28N6. The van der Waals surface area contributed by atoms with E-state index in [4.69, 9.17) is 4.98 Å². The number of aromatic nitrogens is 2. The number of hydrogen-bond donors (Lipinski definition) is 2. The molecule has 0 spiro atoms. The minimum Gasteiger partial charge on any atom is -0.382 e. The van der Waals surface area contributed by atoms with Gasteiger partial charge in [0, 0.05) is 32.4 Å². The number of allylic oxidation sites excluding steroid dienone is 3. The summed E-state index contributed by atoms with van der Waals surface area (Å²) in [5.41, 5.74) is 5.87. The van der Waals surface area contributed by atoms with Crippen LogP contribution in [0.1, 0.15) is 24.7 Å². The van der Waals surface area contributed by atoms with E-state index in [-0.39, 0.29) is 6.04 Å². The van der Waals surface area contributed by atoms with Crippen LogP contribution in [0.2, 0.25) is 0 Å². The fraction of sp³-hybridized carbons (Fsp3) is 0.348. The van der Waals surface area contributed by atoms with Crippen LogP contribution in [-0.4, -0.2) is 60.0 Å². The first-order chi connectivity index (χ1) is 14.1. The molecule has 2 aromatic rings. The number of hydrogen-bond acceptors (Lipinski definition) is 5. The Morgan fingerprint density at radius 1 is 1.21 bits per heavy atom. The smallest absolute Gasteiger partial charge is 0.124 e. The van der Waals surface area contributed by atoms with Crippen LogP contribution >= 0.6 is 0 Å². The highest BCUT2D eigenvalue weighted by atomic mass is 15.2. The zero-order valence-electron chi connectivity index (χ0n) is 17.3. The molecule has 0 saturated carbocycles. The van der Waals surface area contributed by atoms with Crippen LogP contribution in [0.3, 0.4) is 0 Å². The van der Waals surface area contributed by atoms with Gasteiger partial charge in [-0.25, -0.2) is 4.98 Å². The summed E-state index contributed by atoms with van der Waals surface area (Å²) in [5, 5.41) is 3.64. The maximum Gasteiger partial charge on any atom is 0.124 e. The van der Waals surface area contributed by atoms with Crippen molar-refractivity contribution in [3.8, 4) is 0 Å². The van der Waals surface area contributed by atoms with Gasteiger partial charge in [-0.05, 0) is 49.7 Å². The van der Waals surface area contributed by atoms with Gasteiger partial charge in [-0.2, -0.15) is 0 Å². The lowest BCUT2D eigenvalue weighted by Crippen LogP contribution is -2.42. The van der Waals surface area contributed by atoms with E-state index in [1.54, 1.807) is 14.1 Å². The van der Waals surface area contributed by atoms with Crippen molar-refractivity contribution in [3.05, 3.63) is 66.2 Å².